The van der Waals surface area contributed by atoms with Crippen molar-refractivity contribution < 1.29 is 24.2 Å². The number of nitrogens with zero attached hydrogens (tertiary/aromatic N) is 1. The Morgan fingerprint density at radius 3 is 2.18 bits per heavy atom. The molecule has 1 aliphatic carbocycles. The number of halogens is 2. The molecule has 0 aromatic heterocycles. The van der Waals surface area contributed by atoms with Gasteiger partial charge in [-0.1, -0.05) is 48.2 Å². The van der Waals surface area contributed by atoms with E-state index >= 15 is 0 Å². The van der Waals surface area contributed by atoms with Gasteiger partial charge in [0.15, 0.2) is 5.75 Å². The lowest BCUT2D eigenvalue weighted by Crippen LogP contribution is -2.37. The van der Waals surface area contributed by atoms with Gasteiger partial charge in [-0.15, -0.1) is 0 Å². The Morgan fingerprint density at radius 2 is 1.65 bits per heavy atom. The largest absolute Gasteiger partial charge is 0.507 e. The summed E-state index contributed by atoms with van der Waals surface area (Å²) in [6.07, 6.45) is 3.63. The van der Waals surface area contributed by atoms with Crippen LogP contribution in [0.2, 0.25) is 10.0 Å². The topological polar surface area (TPSA) is 76.1 Å². The van der Waals surface area contributed by atoms with Crippen LogP contribution in [0.5, 0.6) is 11.5 Å². The summed E-state index contributed by atoms with van der Waals surface area (Å²) in [6.45, 7) is 3.88. The molecule has 0 radical (unpaired) electrons. The predicted molar refractivity (Wildman–Crippen MR) is 132 cm³/mol. The maximum absolute atomic E-state index is 13.3. The molecule has 2 aromatic rings. The Bertz CT molecular complexity index is 1110. The fraction of sp³-hybridized carbons (Fsp3) is 0.385. The van der Waals surface area contributed by atoms with Gasteiger partial charge in [0, 0.05) is 11.6 Å². The molecule has 1 saturated carbocycles. The molecule has 0 spiro atoms. The average molecular weight is 504 g/mol. The first-order chi connectivity index (χ1) is 16.2. The molecule has 2 fully saturated rings. The van der Waals surface area contributed by atoms with Gasteiger partial charge >= 0.3 is 0 Å². The fourth-order valence-corrected chi connectivity index (χ4v) is 5.43. The molecule has 4 rings (SSSR count). The number of carbonyl (C=O) groups excluding carboxylic acids is 2. The van der Waals surface area contributed by atoms with E-state index in [1.807, 2.05) is 38.1 Å². The van der Waals surface area contributed by atoms with Crippen LogP contribution in [0.3, 0.4) is 0 Å². The first kappa shape index (κ1) is 24.4. The van der Waals surface area contributed by atoms with Crippen molar-refractivity contribution >= 4 is 40.7 Å². The summed E-state index contributed by atoms with van der Waals surface area (Å²) in [5.74, 6) is -0.696. The maximum Gasteiger partial charge on any atom is 0.295 e. The van der Waals surface area contributed by atoms with Crippen LogP contribution in [0.1, 0.15) is 56.7 Å². The van der Waals surface area contributed by atoms with Gasteiger partial charge < -0.3 is 19.5 Å². The van der Waals surface area contributed by atoms with Crippen LogP contribution < -0.4 is 9.47 Å². The minimum absolute atomic E-state index is 0.0135. The van der Waals surface area contributed by atoms with Gasteiger partial charge in [-0.3, -0.25) is 9.59 Å². The molecule has 34 heavy (non-hydrogen) atoms. The van der Waals surface area contributed by atoms with E-state index < -0.39 is 17.7 Å². The van der Waals surface area contributed by atoms with Crippen molar-refractivity contribution in [2.24, 2.45) is 0 Å². The number of ether oxygens (including phenoxy) is 2. The first-order valence-electron chi connectivity index (χ1n) is 11.3. The minimum atomic E-state index is -0.726. The number of benzene rings is 2. The highest BCUT2D eigenvalue weighted by Crippen LogP contribution is 2.45. The Kier molecular flexibility index (Phi) is 7.10. The second-order valence-corrected chi connectivity index (χ2v) is 9.67. The summed E-state index contributed by atoms with van der Waals surface area (Å²) < 4.78 is 10.9. The Labute approximate surface area is 209 Å². The molecule has 1 amide bonds. The van der Waals surface area contributed by atoms with Crippen molar-refractivity contribution in [3.63, 3.8) is 0 Å². The molecule has 180 valence electrons. The van der Waals surface area contributed by atoms with Gasteiger partial charge in [0.05, 0.1) is 34.9 Å². The van der Waals surface area contributed by atoms with Crippen LogP contribution in [0.4, 0.5) is 0 Å². The molecular formula is C26H27Cl2NO5. The highest BCUT2D eigenvalue weighted by atomic mass is 35.5. The van der Waals surface area contributed by atoms with Gasteiger partial charge in [0.25, 0.3) is 11.7 Å². The van der Waals surface area contributed by atoms with Crippen molar-refractivity contribution in [2.75, 3.05) is 7.11 Å². The van der Waals surface area contributed by atoms with Crippen molar-refractivity contribution in [3.05, 3.63) is 63.1 Å². The van der Waals surface area contributed by atoms with E-state index in [1.54, 1.807) is 4.90 Å². The summed E-state index contributed by atoms with van der Waals surface area (Å²) in [6, 6.07) is 9.44. The predicted octanol–water partition coefficient (Wildman–Crippen LogP) is 6.15. The lowest BCUT2D eigenvalue weighted by atomic mass is 9.94. The van der Waals surface area contributed by atoms with Crippen LogP contribution in [0.15, 0.2) is 42.0 Å². The SMILES string of the molecule is COc1c(Cl)cc(/C(O)=C2\C(=O)C(=O)N(C3CCCC3)C2c2ccc(OC(C)C)cc2)cc1Cl. The number of hydrogen-bond donors (Lipinski definition) is 1. The lowest BCUT2D eigenvalue weighted by molar-refractivity contribution is -0.141. The summed E-state index contributed by atoms with van der Waals surface area (Å²) in [5.41, 5.74) is 0.978. The summed E-state index contributed by atoms with van der Waals surface area (Å²) in [7, 11) is 1.44. The first-order valence-corrected chi connectivity index (χ1v) is 12.1. The number of Topliss-reactive ketones (excluding diaryl/α,β-unsaturated/α-hetero) is 1. The van der Waals surface area contributed by atoms with Crippen LogP contribution in [0.25, 0.3) is 5.76 Å². The molecule has 1 atom stereocenters. The molecule has 1 unspecified atom stereocenters. The van der Waals surface area contributed by atoms with Crippen LogP contribution in [-0.4, -0.2) is 41.0 Å². The van der Waals surface area contributed by atoms with E-state index in [2.05, 4.69) is 0 Å². The summed E-state index contributed by atoms with van der Waals surface area (Å²) in [5, 5.41) is 11.7. The minimum Gasteiger partial charge on any atom is -0.507 e. The van der Waals surface area contributed by atoms with E-state index in [0.29, 0.717) is 5.75 Å². The Balaban J connectivity index is 1.85. The molecular weight excluding hydrogens is 477 g/mol. The molecule has 2 aromatic carbocycles. The van der Waals surface area contributed by atoms with E-state index in [1.165, 1.54) is 19.2 Å². The third-order valence-corrected chi connectivity index (χ3v) is 6.80. The number of carbonyl (C=O) groups is 2. The number of aliphatic hydroxyl groups excluding tert-OH is 1. The molecule has 2 aliphatic rings. The zero-order valence-electron chi connectivity index (χ0n) is 19.3. The highest BCUT2D eigenvalue weighted by Gasteiger charge is 2.49. The number of likely N-dealkylation sites (tertiary alicyclic amines) is 1. The number of amides is 1. The molecule has 8 heteroatoms. The summed E-state index contributed by atoms with van der Waals surface area (Å²) in [4.78, 5) is 28.1. The number of rotatable bonds is 6. The monoisotopic (exact) mass is 503 g/mol. The quantitative estimate of drug-likeness (QED) is 0.290. The van der Waals surface area contributed by atoms with Gasteiger partial charge in [-0.2, -0.15) is 0 Å². The van der Waals surface area contributed by atoms with Crippen molar-refractivity contribution in [3.8, 4) is 11.5 Å². The van der Waals surface area contributed by atoms with Crippen LogP contribution in [0, 0.1) is 0 Å². The third kappa shape index (κ3) is 4.49. The van der Waals surface area contributed by atoms with Crippen molar-refractivity contribution in [1.82, 2.24) is 4.90 Å². The maximum atomic E-state index is 13.3. The second kappa shape index (κ2) is 9.88. The zero-order valence-corrected chi connectivity index (χ0v) is 20.8. The van der Waals surface area contributed by atoms with Gasteiger partial charge in [0.2, 0.25) is 0 Å². The fourth-order valence-electron chi connectivity index (χ4n) is 4.78. The average Bonchev–Trinajstić information content (AvgIpc) is 3.40. The lowest BCUT2D eigenvalue weighted by Gasteiger charge is -2.31. The van der Waals surface area contributed by atoms with E-state index in [9.17, 15) is 14.7 Å². The molecule has 1 saturated heterocycles. The Morgan fingerprint density at radius 1 is 1.06 bits per heavy atom. The number of aliphatic hydroxyl groups is 1. The smallest absolute Gasteiger partial charge is 0.295 e. The second-order valence-electron chi connectivity index (χ2n) is 8.85. The van der Waals surface area contributed by atoms with Crippen LogP contribution in [-0.2, 0) is 9.59 Å². The van der Waals surface area contributed by atoms with E-state index in [4.69, 9.17) is 32.7 Å². The number of ketones is 1. The molecule has 1 heterocycles. The number of hydrogen-bond acceptors (Lipinski definition) is 5. The van der Waals surface area contributed by atoms with Gasteiger partial charge in [-0.25, -0.2) is 0 Å². The molecule has 1 aliphatic heterocycles. The van der Waals surface area contributed by atoms with Gasteiger partial charge in [-0.05, 0) is 56.5 Å². The molecule has 1 N–H and O–H groups in total. The van der Waals surface area contributed by atoms with Crippen molar-refractivity contribution in [2.45, 2.75) is 57.7 Å². The number of methoxy groups -OCH3 is 1. The molecule has 0 bridgehead atoms. The molecule has 6 nitrogen and oxygen atoms in total. The van der Waals surface area contributed by atoms with Crippen molar-refractivity contribution in [1.29, 1.82) is 0 Å². The normalized spacial score (nSPS) is 20.4. The van der Waals surface area contributed by atoms with E-state index in [-0.39, 0.29) is 44.8 Å². The zero-order chi connectivity index (χ0) is 24.6. The van der Waals surface area contributed by atoms with Gasteiger partial charge in [0.1, 0.15) is 11.5 Å². The summed E-state index contributed by atoms with van der Waals surface area (Å²) >= 11 is 12.6. The highest BCUT2D eigenvalue weighted by molar-refractivity contribution is 6.47. The van der Waals surface area contributed by atoms with Crippen LogP contribution >= 0.6 is 23.2 Å². The van der Waals surface area contributed by atoms with E-state index in [0.717, 1.165) is 31.2 Å². The third-order valence-electron chi connectivity index (χ3n) is 6.24. The Hall–Kier alpha value is -2.70. The standard InChI is InChI=1S/C26H27Cl2NO5/c1-14(2)34-18-10-8-15(9-11-18)22-21(24(31)26(32)29(22)17-6-4-5-7-17)23(30)16-12-19(27)25(33-3)20(28)13-16/h8-14,17,22,30H,4-7H2,1-3H3/b23-21+.